The van der Waals surface area contributed by atoms with Gasteiger partial charge in [-0.2, -0.15) is 0 Å². The van der Waals surface area contributed by atoms with Crippen LogP contribution in [-0.2, 0) is 14.4 Å². The number of methoxy groups -OCH3 is 1. The minimum absolute atomic E-state index is 0.0120. The Morgan fingerprint density at radius 1 is 1.03 bits per heavy atom. The summed E-state index contributed by atoms with van der Waals surface area (Å²) in [6, 6.07) is 17.5. The van der Waals surface area contributed by atoms with Crippen LogP contribution in [0.1, 0.15) is 13.3 Å². The quantitative estimate of drug-likeness (QED) is 0.320. The molecule has 1 atom stereocenters. The van der Waals surface area contributed by atoms with Crippen molar-refractivity contribution in [2.45, 2.75) is 13.3 Å². The summed E-state index contributed by atoms with van der Waals surface area (Å²) in [6.45, 7) is 2.27. The van der Waals surface area contributed by atoms with E-state index in [2.05, 4.69) is 16.2 Å². The lowest BCUT2D eigenvalue weighted by Gasteiger charge is -2.18. The second-order valence-corrected chi connectivity index (χ2v) is 8.63. The number of anilines is 3. The first-order valence-electron chi connectivity index (χ1n) is 12.3. The predicted octanol–water partition coefficient (Wildman–Crippen LogP) is 3.75. The fraction of sp³-hybridized carbons (Fsp3) is 0.250. The van der Waals surface area contributed by atoms with Gasteiger partial charge in [-0.1, -0.05) is 6.07 Å². The van der Waals surface area contributed by atoms with Crippen LogP contribution in [0.15, 0.2) is 66.7 Å². The van der Waals surface area contributed by atoms with Crippen LogP contribution in [0, 0.1) is 11.7 Å². The summed E-state index contributed by atoms with van der Waals surface area (Å²) in [5.74, 6) is -0.798. The number of amides is 3. The highest BCUT2D eigenvalue weighted by atomic mass is 19.1. The molecule has 0 radical (unpaired) electrons. The smallest absolute Gasteiger partial charge is 0.262 e. The van der Waals surface area contributed by atoms with Crippen LogP contribution in [0.25, 0.3) is 0 Å². The molecule has 3 aromatic rings. The van der Waals surface area contributed by atoms with Crippen LogP contribution in [-0.4, -0.2) is 44.6 Å². The number of para-hydroxylation sites is 1. The highest BCUT2D eigenvalue weighted by Crippen LogP contribution is 2.35. The van der Waals surface area contributed by atoms with Crippen molar-refractivity contribution in [3.63, 3.8) is 0 Å². The van der Waals surface area contributed by atoms with E-state index >= 15 is 0 Å². The number of nitrogens with zero attached hydrogens (tertiary/aromatic N) is 1. The molecule has 3 amide bonds. The molecule has 204 valence electrons. The number of ether oxygens (including phenoxy) is 3. The zero-order chi connectivity index (χ0) is 27.8. The van der Waals surface area contributed by atoms with Crippen LogP contribution < -0.4 is 35.3 Å². The van der Waals surface area contributed by atoms with Crippen LogP contribution in [0.5, 0.6) is 17.2 Å². The molecule has 1 fully saturated rings. The first-order valence-corrected chi connectivity index (χ1v) is 12.3. The van der Waals surface area contributed by atoms with Crippen LogP contribution in [0.3, 0.4) is 0 Å². The largest absolute Gasteiger partial charge is 0.494 e. The molecule has 4 rings (SSSR count). The van der Waals surface area contributed by atoms with Crippen molar-refractivity contribution in [2.24, 2.45) is 5.92 Å². The molecule has 0 aliphatic carbocycles. The second kappa shape index (κ2) is 12.6. The maximum Gasteiger partial charge on any atom is 0.262 e. The molecule has 3 aromatic carbocycles. The van der Waals surface area contributed by atoms with Gasteiger partial charge in [0.05, 0.1) is 25.3 Å². The highest BCUT2D eigenvalue weighted by Gasteiger charge is 2.35. The van der Waals surface area contributed by atoms with E-state index in [1.54, 1.807) is 42.5 Å². The lowest BCUT2D eigenvalue weighted by atomic mass is 10.1. The molecule has 10 nitrogen and oxygen atoms in total. The SMILES string of the molecule is CCOc1ccc(NC(=O)COc2c(NNC(=O)[C@@H]3CC(=O)N(c4ccc(F)cc4)C3)cccc2OC)cc1. The molecule has 1 saturated heterocycles. The number of carbonyl (C=O) groups excluding carboxylic acids is 3. The summed E-state index contributed by atoms with van der Waals surface area (Å²) in [5, 5.41) is 2.74. The van der Waals surface area contributed by atoms with Crippen molar-refractivity contribution in [1.82, 2.24) is 5.43 Å². The Morgan fingerprint density at radius 2 is 1.77 bits per heavy atom. The van der Waals surface area contributed by atoms with Crippen molar-refractivity contribution in [3.05, 3.63) is 72.5 Å². The number of hydrogen-bond donors (Lipinski definition) is 3. The van der Waals surface area contributed by atoms with E-state index in [0.717, 1.165) is 0 Å². The molecule has 1 aliphatic heterocycles. The second-order valence-electron chi connectivity index (χ2n) is 8.63. The molecule has 0 aromatic heterocycles. The fourth-order valence-corrected chi connectivity index (χ4v) is 4.04. The number of nitrogens with one attached hydrogen (secondary N) is 3. The third-order valence-corrected chi connectivity index (χ3v) is 5.95. The summed E-state index contributed by atoms with van der Waals surface area (Å²) >= 11 is 0. The van der Waals surface area contributed by atoms with Crippen molar-refractivity contribution in [2.75, 3.05) is 42.5 Å². The Balaban J connectivity index is 1.35. The van der Waals surface area contributed by atoms with Gasteiger partial charge in [-0.3, -0.25) is 25.2 Å². The number of rotatable bonds is 11. The zero-order valence-electron chi connectivity index (χ0n) is 21.5. The number of benzene rings is 3. The first-order chi connectivity index (χ1) is 18.9. The van der Waals surface area contributed by atoms with Gasteiger partial charge in [-0.25, -0.2) is 4.39 Å². The average molecular weight is 537 g/mol. The van der Waals surface area contributed by atoms with Gasteiger partial charge in [0, 0.05) is 24.3 Å². The van der Waals surface area contributed by atoms with Crippen LogP contribution in [0.4, 0.5) is 21.5 Å². The maximum atomic E-state index is 13.2. The topological polar surface area (TPSA) is 118 Å². The Bertz CT molecular complexity index is 1320. The lowest BCUT2D eigenvalue weighted by Crippen LogP contribution is -2.36. The third kappa shape index (κ3) is 6.95. The van der Waals surface area contributed by atoms with Gasteiger partial charge in [-0.15, -0.1) is 0 Å². The number of hydrogen-bond acceptors (Lipinski definition) is 7. The molecule has 0 bridgehead atoms. The minimum atomic E-state index is -0.620. The van der Waals surface area contributed by atoms with Crippen molar-refractivity contribution < 1.29 is 33.0 Å². The van der Waals surface area contributed by atoms with Crippen molar-refractivity contribution in [1.29, 1.82) is 0 Å². The normalized spacial score (nSPS) is 14.5. The number of carbonyl (C=O) groups is 3. The van der Waals surface area contributed by atoms with Gasteiger partial charge >= 0.3 is 0 Å². The number of hydrazine groups is 1. The monoisotopic (exact) mass is 536 g/mol. The van der Waals surface area contributed by atoms with Crippen LogP contribution in [0.2, 0.25) is 0 Å². The van der Waals surface area contributed by atoms with E-state index in [1.807, 2.05) is 6.92 Å². The third-order valence-electron chi connectivity index (χ3n) is 5.95. The van der Waals surface area contributed by atoms with Gasteiger partial charge in [0.15, 0.2) is 18.1 Å². The average Bonchev–Trinajstić information content (AvgIpc) is 3.33. The lowest BCUT2D eigenvalue weighted by molar-refractivity contribution is -0.125. The maximum absolute atomic E-state index is 13.2. The molecular weight excluding hydrogens is 507 g/mol. The standard InChI is InChI=1S/C28H29FN4O6/c1-3-38-22-13-9-20(10-14-22)30-25(34)17-39-27-23(5-4-6-24(27)37-2)31-32-28(36)18-15-26(35)33(16-18)21-11-7-19(29)8-12-21/h4-14,18,31H,3,15-17H2,1-2H3,(H,30,34)(H,32,36)/t18-/m1/s1. The minimum Gasteiger partial charge on any atom is -0.494 e. The van der Waals surface area contributed by atoms with E-state index in [0.29, 0.717) is 35.2 Å². The fourth-order valence-electron chi connectivity index (χ4n) is 4.04. The molecule has 0 unspecified atom stereocenters. The Labute approximate surface area is 225 Å². The molecule has 1 heterocycles. The molecule has 11 heteroatoms. The van der Waals surface area contributed by atoms with Gasteiger partial charge in [-0.05, 0) is 67.6 Å². The summed E-state index contributed by atoms with van der Waals surface area (Å²) in [6.07, 6.45) is 0.0120. The van der Waals surface area contributed by atoms with Gasteiger partial charge in [0.25, 0.3) is 5.91 Å². The van der Waals surface area contributed by atoms with Crippen molar-refractivity contribution in [3.8, 4) is 17.2 Å². The molecule has 1 aliphatic rings. The zero-order valence-corrected chi connectivity index (χ0v) is 21.5. The van der Waals surface area contributed by atoms with E-state index in [4.69, 9.17) is 14.2 Å². The van der Waals surface area contributed by atoms with Crippen molar-refractivity contribution >= 4 is 34.8 Å². The van der Waals surface area contributed by atoms with E-state index < -0.39 is 23.5 Å². The highest BCUT2D eigenvalue weighted by molar-refractivity contribution is 6.00. The Kier molecular flexibility index (Phi) is 8.82. The summed E-state index contributed by atoms with van der Waals surface area (Å²) in [7, 11) is 1.46. The molecular formula is C28H29FN4O6. The predicted molar refractivity (Wildman–Crippen MR) is 143 cm³/mol. The molecule has 0 spiro atoms. The summed E-state index contributed by atoms with van der Waals surface area (Å²) in [4.78, 5) is 39.2. The molecule has 39 heavy (non-hydrogen) atoms. The molecule has 0 saturated carbocycles. The van der Waals surface area contributed by atoms with E-state index in [1.165, 1.54) is 36.3 Å². The Hall–Kier alpha value is -4.80. The van der Waals surface area contributed by atoms with Gasteiger partial charge in [0.1, 0.15) is 11.6 Å². The first kappa shape index (κ1) is 27.2. The summed E-state index contributed by atoms with van der Waals surface area (Å²) in [5.41, 5.74) is 6.87. The van der Waals surface area contributed by atoms with E-state index in [-0.39, 0.29) is 31.2 Å². The molecule has 3 N–H and O–H groups in total. The van der Waals surface area contributed by atoms with Crippen LogP contribution >= 0.6 is 0 Å². The van der Waals surface area contributed by atoms with E-state index in [9.17, 15) is 18.8 Å². The Morgan fingerprint density at radius 3 is 2.46 bits per heavy atom. The summed E-state index contributed by atoms with van der Waals surface area (Å²) < 4.78 is 29.7. The number of halogens is 1. The van der Waals surface area contributed by atoms with Gasteiger partial charge in [0.2, 0.25) is 11.8 Å². The van der Waals surface area contributed by atoms with Gasteiger partial charge < -0.3 is 24.4 Å².